The van der Waals surface area contributed by atoms with Crippen LogP contribution in [0.25, 0.3) is 0 Å². The number of hydrogen-bond acceptors (Lipinski definition) is 5. The molecule has 6 heteroatoms. The highest BCUT2D eigenvalue weighted by Crippen LogP contribution is 2.67. The molecule has 3 saturated carbocycles. The number of fused-ring (bicyclic) bond motifs is 5. The van der Waals surface area contributed by atoms with Crippen molar-refractivity contribution in [3.8, 4) is 0 Å². The van der Waals surface area contributed by atoms with Crippen molar-refractivity contribution >= 4 is 11.7 Å². The Morgan fingerprint density at radius 1 is 1.23 bits per heavy atom. The zero-order valence-electron chi connectivity index (χ0n) is 18.0. The Morgan fingerprint density at radius 2 is 1.97 bits per heavy atom. The summed E-state index contributed by atoms with van der Waals surface area (Å²) in [5.41, 5.74) is 0.331. The van der Waals surface area contributed by atoms with Crippen LogP contribution in [0.5, 0.6) is 0 Å². The molecular weight excluding hydrogens is 382 g/mol. The summed E-state index contributed by atoms with van der Waals surface area (Å²) < 4.78 is 13.2. The van der Waals surface area contributed by atoms with Crippen LogP contribution in [0.4, 0.5) is 0 Å². The number of rotatable bonds is 4. The van der Waals surface area contributed by atoms with Crippen molar-refractivity contribution in [3.05, 3.63) is 41.1 Å². The second-order valence-corrected chi connectivity index (χ2v) is 10.4. The van der Waals surface area contributed by atoms with E-state index < -0.39 is 23.7 Å². The normalized spacial score (nSPS) is 41.3. The Bertz CT molecular complexity index is 896. The summed E-state index contributed by atoms with van der Waals surface area (Å²) in [6, 6.07) is 8.81. The number of carbonyl (C=O) groups excluding carboxylic acids is 1. The molecule has 4 aliphatic rings. The molecule has 2 bridgehead atoms. The van der Waals surface area contributed by atoms with E-state index in [2.05, 4.69) is 20.8 Å². The fraction of sp³-hybridized carbons (Fsp3) is 0.667. The van der Waals surface area contributed by atoms with E-state index in [1.165, 1.54) is 0 Å². The van der Waals surface area contributed by atoms with Gasteiger partial charge in [0.2, 0.25) is 0 Å². The first-order valence-corrected chi connectivity index (χ1v) is 11.1. The molecular formula is C24H31NO5. The molecule has 5 rings (SSSR count). The van der Waals surface area contributed by atoms with E-state index in [-0.39, 0.29) is 29.5 Å². The summed E-state index contributed by atoms with van der Waals surface area (Å²) in [6.07, 6.45) is 2.25. The number of ether oxygens (including phenoxy) is 2. The lowest BCUT2D eigenvalue weighted by atomic mass is 9.70. The molecule has 0 spiro atoms. The van der Waals surface area contributed by atoms with E-state index in [9.17, 15) is 15.1 Å². The van der Waals surface area contributed by atoms with E-state index in [0.29, 0.717) is 18.4 Å². The summed E-state index contributed by atoms with van der Waals surface area (Å²) in [4.78, 5) is 12.6. The van der Waals surface area contributed by atoms with E-state index in [0.717, 1.165) is 29.7 Å². The van der Waals surface area contributed by atoms with Gasteiger partial charge in [0.25, 0.3) is 6.23 Å². The van der Waals surface area contributed by atoms with Crippen molar-refractivity contribution in [2.24, 2.45) is 22.2 Å². The number of aliphatic hydroxyl groups is 1. The zero-order chi connectivity index (χ0) is 21.3. The molecule has 3 aliphatic carbocycles. The van der Waals surface area contributed by atoms with Crippen LogP contribution < -0.4 is 0 Å². The lowest BCUT2D eigenvalue weighted by Crippen LogP contribution is -2.51. The van der Waals surface area contributed by atoms with Crippen molar-refractivity contribution in [3.63, 3.8) is 0 Å². The maximum absolute atomic E-state index is 13.6. The minimum absolute atomic E-state index is 0.0157. The lowest BCUT2D eigenvalue weighted by molar-refractivity contribution is -0.568. The van der Waals surface area contributed by atoms with Gasteiger partial charge in [-0.25, -0.2) is 4.79 Å². The molecule has 1 heterocycles. The van der Waals surface area contributed by atoms with Gasteiger partial charge >= 0.3 is 5.97 Å². The molecule has 162 valence electrons. The van der Waals surface area contributed by atoms with Crippen LogP contribution in [0, 0.1) is 27.4 Å². The maximum Gasteiger partial charge on any atom is 0.338 e. The SMILES string of the molecule is CC1(C)[C@@H]2CC[C@@]1(C)[C@@H]1O[C@@H]([C@@]3(COC(=O)c4ccccc4)CCCC3O)[N+]([O-])=C21. The Kier molecular flexibility index (Phi) is 4.36. The highest BCUT2D eigenvalue weighted by atomic mass is 16.6. The summed E-state index contributed by atoms with van der Waals surface area (Å²) in [7, 11) is 0. The Labute approximate surface area is 177 Å². The minimum Gasteiger partial charge on any atom is -0.622 e. The molecule has 0 aromatic heterocycles. The molecule has 0 saturated heterocycles. The standard InChI is InChI=1S/C24H31NO5/c1-22(2)16-11-13-23(22,3)19-18(16)25(28)21(30-19)24(12-7-10-17(24)26)14-29-20(27)15-8-5-4-6-9-15/h4-6,8-9,16-17,19,21,26H,7,10-14H2,1-3H3/t16-,17?,19-,21+,23+,24-/m1/s1. The van der Waals surface area contributed by atoms with Gasteiger partial charge in [-0.2, -0.15) is 4.74 Å². The lowest BCUT2D eigenvalue weighted by Gasteiger charge is -2.39. The zero-order valence-corrected chi connectivity index (χ0v) is 18.0. The molecule has 30 heavy (non-hydrogen) atoms. The number of hydroxylamine groups is 1. The summed E-state index contributed by atoms with van der Waals surface area (Å²) >= 11 is 0. The first-order chi connectivity index (χ1) is 14.2. The van der Waals surface area contributed by atoms with Gasteiger partial charge in [-0.15, -0.1) is 0 Å². The highest BCUT2D eigenvalue weighted by molar-refractivity contribution is 5.93. The monoisotopic (exact) mass is 413 g/mol. The molecule has 6 atom stereocenters. The van der Waals surface area contributed by atoms with Crippen LogP contribution in [0.1, 0.15) is 63.2 Å². The van der Waals surface area contributed by atoms with E-state index in [4.69, 9.17) is 9.47 Å². The first-order valence-electron chi connectivity index (χ1n) is 11.1. The molecule has 1 aromatic rings. The Balaban J connectivity index is 1.44. The van der Waals surface area contributed by atoms with Crippen molar-refractivity contribution in [1.29, 1.82) is 0 Å². The van der Waals surface area contributed by atoms with Crippen molar-refractivity contribution in [2.45, 2.75) is 71.3 Å². The fourth-order valence-corrected chi connectivity index (χ4v) is 6.66. The Hall–Kier alpha value is -1.92. The van der Waals surface area contributed by atoms with Crippen LogP contribution in [0.2, 0.25) is 0 Å². The largest absolute Gasteiger partial charge is 0.622 e. The Morgan fingerprint density at radius 3 is 2.60 bits per heavy atom. The molecule has 1 aromatic carbocycles. The van der Waals surface area contributed by atoms with Crippen LogP contribution in [-0.4, -0.2) is 46.6 Å². The van der Waals surface area contributed by atoms with Crippen molar-refractivity contribution in [1.82, 2.24) is 0 Å². The molecule has 0 amide bonds. The van der Waals surface area contributed by atoms with Crippen LogP contribution in [-0.2, 0) is 9.47 Å². The predicted molar refractivity (Wildman–Crippen MR) is 111 cm³/mol. The number of benzene rings is 1. The second-order valence-electron chi connectivity index (χ2n) is 10.4. The van der Waals surface area contributed by atoms with Gasteiger partial charge < -0.3 is 19.8 Å². The molecule has 1 aliphatic heterocycles. The van der Waals surface area contributed by atoms with Gasteiger partial charge in [0.15, 0.2) is 11.8 Å². The van der Waals surface area contributed by atoms with Crippen molar-refractivity contribution < 1.29 is 24.1 Å². The van der Waals surface area contributed by atoms with Crippen LogP contribution in [0.15, 0.2) is 30.3 Å². The van der Waals surface area contributed by atoms with Crippen LogP contribution >= 0.6 is 0 Å². The quantitative estimate of drug-likeness (QED) is 0.464. The van der Waals surface area contributed by atoms with E-state index in [1.54, 1.807) is 24.3 Å². The third-order valence-corrected chi connectivity index (χ3v) is 8.99. The van der Waals surface area contributed by atoms with Gasteiger partial charge in [-0.3, -0.25) is 0 Å². The molecule has 3 fully saturated rings. The number of hydrogen-bond donors (Lipinski definition) is 1. The van der Waals surface area contributed by atoms with E-state index >= 15 is 0 Å². The molecule has 1 N–H and O–H groups in total. The predicted octanol–water partition coefficient (Wildman–Crippen LogP) is 3.51. The van der Waals surface area contributed by atoms with Gasteiger partial charge in [0.1, 0.15) is 12.0 Å². The summed E-state index contributed by atoms with van der Waals surface area (Å²) in [5, 5.41) is 24.5. The van der Waals surface area contributed by atoms with Gasteiger partial charge in [-0.05, 0) is 49.7 Å². The highest BCUT2D eigenvalue weighted by Gasteiger charge is 2.73. The molecule has 0 radical (unpaired) electrons. The average molecular weight is 414 g/mol. The minimum atomic E-state index is -0.899. The van der Waals surface area contributed by atoms with Gasteiger partial charge in [-0.1, -0.05) is 39.0 Å². The second kappa shape index (κ2) is 6.54. The third-order valence-electron chi connectivity index (χ3n) is 8.99. The smallest absolute Gasteiger partial charge is 0.338 e. The van der Waals surface area contributed by atoms with Crippen LogP contribution in [0.3, 0.4) is 0 Å². The number of esters is 1. The first kappa shape index (κ1) is 20.0. The van der Waals surface area contributed by atoms with Crippen molar-refractivity contribution in [2.75, 3.05) is 6.61 Å². The van der Waals surface area contributed by atoms with Gasteiger partial charge in [0.05, 0.1) is 11.7 Å². The maximum atomic E-state index is 13.6. The molecule has 1 unspecified atom stereocenters. The fourth-order valence-electron chi connectivity index (χ4n) is 6.66. The number of aliphatic hydroxyl groups excluding tert-OH is 1. The number of nitrogens with zero attached hydrogens (tertiary/aromatic N) is 1. The number of carbonyl (C=O) groups is 1. The molecule has 6 nitrogen and oxygen atoms in total. The summed E-state index contributed by atoms with van der Waals surface area (Å²) in [6.45, 7) is 6.69. The summed E-state index contributed by atoms with van der Waals surface area (Å²) in [5.74, 6) is -0.233. The topological polar surface area (TPSA) is 81.8 Å². The third kappa shape index (κ3) is 2.43. The van der Waals surface area contributed by atoms with E-state index in [1.807, 2.05) is 6.07 Å². The average Bonchev–Trinajstić information content (AvgIpc) is 3.39. The van der Waals surface area contributed by atoms with Gasteiger partial charge in [0, 0.05) is 11.3 Å².